The molecule has 0 atom stereocenters. The summed E-state index contributed by atoms with van der Waals surface area (Å²) in [5.74, 6) is -1.88. The van der Waals surface area contributed by atoms with E-state index >= 15 is 0 Å². The number of nitrogen functional groups attached to an aromatic ring is 1. The van der Waals surface area contributed by atoms with Crippen LogP contribution in [-0.4, -0.2) is 37.7 Å². The third-order valence-corrected chi connectivity index (χ3v) is 3.68. The molecule has 0 saturated carbocycles. The Hall–Kier alpha value is -3.17. The minimum absolute atomic E-state index is 0.0394. The SMILES string of the molecule is CCCc1cc(C(=O)OCC(=O)c2c(N)n(C)c(=O)n(C)c2=O)n[nH]1. The molecule has 0 amide bonds. The van der Waals surface area contributed by atoms with Gasteiger partial charge in [0.05, 0.1) is 0 Å². The molecule has 134 valence electrons. The Kier molecular flexibility index (Phi) is 5.20. The molecule has 0 aliphatic heterocycles. The first-order valence-corrected chi connectivity index (χ1v) is 7.58. The lowest BCUT2D eigenvalue weighted by Crippen LogP contribution is -2.42. The Morgan fingerprint density at radius 3 is 2.60 bits per heavy atom. The lowest BCUT2D eigenvalue weighted by molar-refractivity contribution is 0.0468. The Labute approximate surface area is 142 Å². The van der Waals surface area contributed by atoms with E-state index in [9.17, 15) is 19.2 Å². The summed E-state index contributed by atoms with van der Waals surface area (Å²) >= 11 is 0. The van der Waals surface area contributed by atoms with Crippen LogP contribution in [0.3, 0.4) is 0 Å². The van der Waals surface area contributed by atoms with Crippen molar-refractivity contribution < 1.29 is 14.3 Å². The molecule has 0 aliphatic rings. The number of aromatic nitrogens is 4. The maximum atomic E-state index is 12.2. The van der Waals surface area contributed by atoms with E-state index in [-0.39, 0.29) is 11.5 Å². The fraction of sp³-hybridized carbons (Fsp3) is 0.400. The van der Waals surface area contributed by atoms with Crippen LogP contribution in [0.15, 0.2) is 15.7 Å². The molecule has 0 saturated heterocycles. The molecule has 10 nitrogen and oxygen atoms in total. The number of nitrogens with two attached hydrogens (primary N) is 1. The molecule has 0 unspecified atom stereocenters. The van der Waals surface area contributed by atoms with Crippen molar-refractivity contribution in [3.8, 4) is 0 Å². The van der Waals surface area contributed by atoms with Crippen LogP contribution >= 0.6 is 0 Å². The molecular formula is C15H19N5O5. The lowest BCUT2D eigenvalue weighted by atomic mass is 10.2. The molecule has 0 aromatic carbocycles. The topological polar surface area (TPSA) is 142 Å². The molecule has 0 fully saturated rings. The molecular weight excluding hydrogens is 330 g/mol. The molecule has 0 spiro atoms. The highest BCUT2D eigenvalue weighted by Gasteiger charge is 2.22. The predicted molar refractivity (Wildman–Crippen MR) is 88.5 cm³/mol. The number of hydrogen-bond donors (Lipinski definition) is 2. The van der Waals surface area contributed by atoms with E-state index in [1.54, 1.807) is 0 Å². The van der Waals surface area contributed by atoms with Gasteiger partial charge in [-0.3, -0.25) is 23.8 Å². The summed E-state index contributed by atoms with van der Waals surface area (Å²) in [6.45, 7) is 1.29. The molecule has 25 heavy (non-hydrogen) atoms. The molecule has 2 aromatic rings. The van der Waals surface area contributed by atoms with Crippen molar-refractivity contribution in [1.82, 2.24) is 19.3 Å². The number of nitrogens with one attached hydrogen (secondary N) is 1. The molecule has 0 radical (unpaired) electrons. The number of aromatic amines is 1. The van der Waals surface area contributed by atoms with Gasteiger partial charge in [-0.05, 0) is 12.5 Å². The number of rotatable bonds is 6. The van der Waals surface area contributed by atoms with Crippen LogP contribution in [0.1, 0.15) is 39.9 Å². The van der Waals surface area contributed by atoms with Crippen LogP contribution in [0.5, 0.6) is 0 Å². The van der Waals surface area contributed by atoms with Crippen molar-refractivity contribution in [2.24, 2.45) is 14.1 Å². The number of ketones is 1. The van der Waals surface area contributed by atoms with Gasteiger partial charge < -0.3 is 10.5 Å². The van der Waals surface area contributed by atoms with E-state index in [0.717, 1.165) is 27.7 Å². The maximum absolute atomic E-state index is 12.2. The normalized spacial score (nSPS) is 10.7. The van der Waals surface area contributed by atoms with E-state index in [0.29, 0.717) is 0 Å². The Morgan fingerprint density at radius 1 is 1.28 bits per heavy atom. The summed E-state index contributed by atoms with van der Waals surface area (Å²) in [5, 5.41) is 6.51. The first-order valence-electron chi connectivity index (χ1n) is 7.58. The molecule has 3 N–H and O–H groups in total. The van der Waals surface area contributed by atoms with E-state index in [1.807, 2.05) is 6.92 Å². The zero-order valence-corrected chi connectivity index (χ0v) is 14.2. The van der Waals surface area contributed by atoms with Gasteiger partial charge >= 0.3 is 11.7 Å². The fourth-order valence-corrected chi connectivity index (χ4v) is 2.26. The Balaban J connectivity index is 2.16. The van der Waals surface area contributed by atoms with Crippen molar-refractivity contribution in [3.05, 3.63) is 43.9 Å². The highest BCUT2D eigenvalue weighted by molar-refractivity contribution is 6.02. The van der Waals surface area contributed by atoms with Gasteiger partial charge in [0.25, 0.3) is 5.56 Å². The van der Waals surface area contributed by atoms with E-state index < -0.39 is 35.2 Å². The van der Waals surface area contributed by atoms with E-state index in [2.05, 4.69) is 10.2 Å². The number of esters is 1. The summed E-state index contributed by atoms with van der Waals surface area (Å²) in [6.07, 6.45) is 1.61. The second kappa shape index (κ2) is 7.16. The van der Waals surface area contributed by atoms with Gasteiger partial charge in [-0.1, -0.05) is 13.3 Å². The van der Waals surface area contributed by atoms with Crippen LogP contribution in [0.25, 0.3) is 0 Å². The first kappa shape index (κ1) is 18.2. The van der Waals surface area contributed by atoms with Gasteiger partial charge in [0.2, 0.25) is 5.78 Å². The van der Waals surface area contributed by atoms with Crippen molar-refractivity contribution in [2.75, 3.05) is 12.3 Å². The van der Waals surface area contributed by atoms with Crippen LogP contribution in [-0.2, 0) is 25.3 Å². The standard InChI is InChI=1S/C15H19N5O5/c1-4-5-8-6-9(18-17-8)14(23)25-7-10(21)11-12(16)19(2)15(24)20(3)13(11)22/h6H,4-5,7,16H2,1-3H3,(H,17,18). The molecule has 2 rings (SSSR count). The number of carbonyl (C=O) groups is 2. The van der Waals surface area contributed by atoms with Gasteiger partial charge in [-0.2, -0.15) is 5.10 Å². The van der Waals surface area contributed by atoms with Crippen molar-refractivity contribution in [2.45, 2.75) is 19.8 Å². The smallest absolute Gasteiger partial charge is 0.359 e. The molecule has 10 heteroatoms. The van der Waals surface area contributed by atoms with Crippen molar-refractivity contribution in [3.63, 3.8) is 0 Å². The van der Waals surface area contributed by atoms with E-state index in [4.69, 9.17) is 10.5 Å². The summed E-state index contributed by atoms with van der Waals surface area (Å²) in [7, 11) is 2.56. The third kappa shape index (κ3) is 3.52. The summed E-state index contributed by atoms with van der Waals surface area (Å²) < 4.78 is 6.63. The zero-order chi connectivity index (χ0) is 18.7. The molecule has 0 aliphatic carbocycles. The number of anilines is 1. The quantitative estimate of drug-likeness (QED) is 0.523. The minimum atomic E-state index is -0.841. The van der Waals surface area contributed by atoms with Crippen LogP contribution < -0.4 is 17.0 Å². The average molecular weight is 349 g/mol. The van der Waals surface area contributed by atoms with Gasteiger partial charge in [0.1, 0.15) is 11.4 Å². The highest BCUT2D eigenvalue weighted by Crippen LogP contribution is 2.07. The van der Waals surface area contributed by atoms with Crippen molar-refractivity contribution >= 4 is 17.6 Å². The van der Waals surface area contributed by atoms with Crippen LogP contribution in [0.4, 0.5) is 5.82 Å². The maximum Gasteiger partial charge on any atom is 0.359 e. The van der Waals surface area contributed by atoms with Crippen molar-refractivity contribution in [1.29, 1.82) is 0 Å². The Morgan fingerprint density at radius 2 is 1.96 bits per heavy atom. The van der Waals surface area contributed by atoms with Gasteiger partial charge in [0.15, 0.2) is 12.3 Å². The average Bonchev–Trinajstić information content (AvgIpc) is 3.05. The van der Waals surface area contributed by atoms with Gasteiger partial charge in [0, 0.05) is 19.8 Å². The number of ether oxygens (including phenoxy) is 1. The number of nitrogens with zero attached hydrogens (tertiary/aromatic N) is 3. The predicted octanol–water partition coefficient (Wildman–Crippen LogP) is -0.618. The fourth-order valence-electron chi connectivity index (χ4n) is 2.26. The Bertz CT molecular complexity index is 937. The summed E-state index contributed by atoms with van der Waals surface area (Å²) in [6, 6.07) is 1.54. The monoisotopic (exact) mass is 349 g/mol. The van der Waals surface area contributed by atoms with E-state index in [1.165, 1.54) is 20.2 Å². The number of H-pyrrole nitrogens is 1. The lowest BCUT2D eigenvalue weighted by Gasteiger charge is -2.10. The van der Waals surface area contributed by atoms with Crippen LogP contribution in [0.2, 0.25) is 0 Å². The minimum Gasteiger partial charge on any atom is -0.453 e. The number of carbonyl (C=O) groups excluding carboxylic acids is 2. The number of Topliss-reactive ketones (excluding diaryl/α,β-unsaturated/α-hetero) is 1. The number of aryl methyl sites for hydroxylation is 1. The second-order valence-corrected chi connectivity index (χ2v) is 5.49. The van der Waals surface area contributed by atoms with Crippen LogP contribution in [0, 0.1) is 0 Å². The second-order valence-electron chi connectivity index (χ2n) is 5.49. The summed E-state index contributed by atoms with van der Waals surface area (Å²) in [4.78, 5) is 48.0. The van der Waals surface area contributed by atoms with Gasteiger partial charge in [-0.15, -0.1) is 0 Å². The zero-order valence-electron chi connectivity index (χ0n) is 14.2. The third-order valence-electron chi connectivity index (χ3n) is 3.68. The summed E-state index contributed by atoms with van der Waals surface area (Å²) in [5.41, 5.74) is 4.60. The molecule has 0 bridgehead atoms. The van der Waals surface area contributed by atoms with Gasteiger partial charge in [-0.25, -0.2) is 9.59 Å². The number of hydrogen-bond acceptors (Lipinski definition) is 7. The highest BCUT2D eigenvalue weighted by atomic mass is 16.5. The first-order chi connectivity index (χ1) is 11.8. The largest absolute Gasteiger partial charge is 0.453 e. The molecule has 2 heterocycles. The molecule has 2 aromatic heterocycles.